The van der Waals surface area contributed by atoms with Gasteiger partial charge in [0.15, 0.2) is 5.16 Å². The topological polar surface area (TPSA) is 55.1 Å². The first-order chi connectivity index (χ1) is 8.09. The van der Waals surface area contributed by atoms with Crippen LogP contribution in [0.1, 0.15) is 19.8 Å². The number of hydrogen-bond acceptors (Lipinski definition) is 4. The van der Waals surface area contributed by atoms with Crippen molar-refractivity contribution in [2.75, 3.05) is 11.5 Å². The number of carbonyl (C=O) groups is 1. The Bertz CT molecular complexity index is 400. The Labute approximate surface area is 109 Å². The molecule has 0 saturated carbocycles. The molecule has 0 bridgehead atoms. The summed E-state index contributed by atoms with van der Waals surface area (Å²) in [6.45, 7) is 3.19. The summed E-state index contributed by atoms with van der Waals surface area (Å²) in [7, 11) is 0. The third-order valence-corrected chi connectivity index (χ3v) is 5.32. The fourth-order valence-corrected chi connectivity index (χ4v) is 3.98. The first kappa shape index (κ1) is 12.8. The van der Waals surface area contributed by atoms with Gasteiger partial charge < -0.3 is 9.67 Å². The highest BCUT2D eigenvalue weighted by Crippen LogP contribution is 2.39. The minimum atomic E-state index is -0.800. The van der Waals surface area contributed by atoms with Gasteiger partial charge in [-0.1, -0.05) is 11.8 Å². The van der Waals surface area contributed by atoms with Crippen LogP contribution < -0.4 is 0 Å². The van der Waals surface area contributed by atoms with Gasteiger partial charge in [-0.2, -0.15) is 11.8 Å². The van der Waals surface area contributed by atoms with E-state index in [0.717, 1.165) is 11.7 Å². The van der Waals surface area contributed by atoms with E-state index < -0.39 is 5.97 Å². The second-order valence-electron chi connectivity index (χ2n) is 4.42. The number of thioether (sulfide) groups is 2. The van der Waals surface area contributed by atoms with Crippen LogP contribution in [0.4, 0.5) is 0 Å². The second-order valence-corrected chi connectivity index (χ2v) is 7.05. The molecule has 1 aliphatic rings. The summed E-state index contributed by atoms with van der Waals surface area (Å²) in [6, 6.07) is 0. The highest BCUT2D eigenvalue weighted by Gasteiger charge is 2.30. The maximum absolute atomic E-state index is 10.6. The molecule has 0 spiro atoms. The average molecular weight is 272 g/mol. The number of nitrogens with zero attached hydrogens (tertiary/aromatic N) is 2. The zero-order valence-corrected chi connectivity index (χ0v) is 11.4. The molecule has 1 aromatic heterocycles. The molecule has 6 heteroatoms. The van der Waals surface area contributed by atoms with E-state index >= 15 is 0 Å². The van der Waals surface area contributed by atoms with Crippen LogP contribution in [0, 0.1) is 0 Å². The summed E-state index contributed by atoms with van der Waals surface area (Å²) in [6.07, 6.45) is 6.17. The highest BCUT2D eigenvalue weighted by atomic mass is 32.2. The maximum atomic E-state index is 10.6. The highest BCUT2D eigenvalue weighted by molar-refractivity contribution is 8.00. The largest absolute Gasteiger partial charge is 0.481 e. The first-order valence-corrected chi connectivity index (χ1v) is 7.56. The zero-order chi connectivity index (χ0) is 12.3. The van der Waals surface area contributed by atoms with E-state index in [0.29, 0.717) is 0 Å². The predicted molar refractivity (Wildman–Crippen MR) is 70.7 cm³/mol. The van der Waals surface area contributed by atoms with Gasteiger partial charge in [-0.3, -0.25) is 4.79 Å². The van der Waals surface area contributed by atoms with Gasteiger partial charge in [-0.05, 0) is 25.5 Å². The Balaban J connectivity index is 2.00. The molecular weight excluding hydrogens is 256 g/mol. The van der Waals surface area contributed by atoms with Crippen molar-refractivity contribution >= 4 is 29.5 Å². The van der Waals surface area contributed by atoms with Crippen molar-refractivity contribution in [1.29, 1.82) is 0 Å². The Hall–Kier alpha value is -0.620. The molecule has 0 aromatic carbocycles. The first-order valence-electron chi connectivity index (χ1n) is 5.59. The molecule has 0 amide bonds. The van der Waals surface area contributed by atoms with Gasteiger partial charge in [0.05, 0.1) is 5.75 Å². The molecule has 94 valence electrons. The molecule has 1 fully saturated rings. The monoisotopic (exact) mass is 272 g/mol. The Morgan fingerprint density at radius 2 is 2.59 bits per heavy atom. The average Bonchev–Trinajstić information content (AvgIpc) is 2.85. The number of imidazole rings is 1. The molecule has 4 nitrogen and oxygen atoms in total. The lowest BCUT2D eigenvalue weighted by Gasteiger charge is -2.23. The number of hydrogen-bond donors (Lipinski definition) is 1. The van der Waals surface area contributed by atoms with Gasteiger partial charge in [0, 0.05) is 23.7 Å². The van der Waals surface area contributed by atoms with Crippen molar-refractivity contribution in [3.8, 4) is 0 Å². The minimum absolute atomic E-state index is 0.0703. The van der Waals surface area contributed by atoms with Crippen molar-refractivity contribution < 1.29 is 9.90 Å². The van der Waals surface area contributed by atoms with Crippen LogP contribution in [0.15, 0.2) is 17.6 Å². The smallest absolute Gasteiger partial charge is 0.313 e. The van der Waals surface area contributed by atoms with Gasteiger partial charge in [0.1, 0.15) is 0 Å². The van der Waals surface area contributed by atoms with E-state index in [9.17, 15) is 4.79 Å². The van der Waals surface area contributed by atoms with E-state index in [2.05, 4.69) is 16.5 Å². The van der Waals surface area contributed by atoms with Crippen molar-refractivity contribution in [1.82, 2.24) is 9.55 Å². The Kier molecular flexibility index (Phi) is 4.04. The van der Waals surface area contributed by atoms with Crippen molar-refractivity contribution in [2.45, 2.75) is 36.2 Å². The second kappa shape index (κ2) is 5.35. The standard InChI is InChI=1S/C11H16N2O2S2/c1-11(3-2-6-17-11)8-13-5-4-12-10(13)16-7-9(14)15/h4-5H,2-3,6-8H2,1H3,(H,14,15). The van der Waals surface area contributed by atoms with Crippen LogP contribution in [0.25, 0.3) is 0 Å². The number of carboxylic acid groups (broad SMARTS) is 1. The molecule has 1 aliphatic heterocycles. The SMILES string of the molecule is CC1(Cn2ccnc2SCC(=O)O)CCCS1. The molecular formula is C11H16N2O2S2. The number of rotatable bonds is 5. The molecule has 2 heterocycles. The van der Waals surface area contributed by atoms with Gasteiger partial charge in [0.25, 0.3) is 0 Å². The lowest BCUT2D eigenvalue weighted by Crippen LogP contribution is -2.23. The van der Waals surface area contributed by atoms with Crippen LogP contribution in [0.3, 0.4) is 0 Å². The van der Waals surface area contributed by atoms with Crippen LogP contribution in [0.5, 0.6) is 0 Å². The summed E-state index contributed by atoms with van der Waals surface area (Å²) in [4.78, 5) is 14.8. The van der Waals surface area contributed by atoms with Crippen LogP contribution >= 0.6 is 23.5 Å². The molecule has 2 rings (SSSR count). The van der Waals surface area contributed by atoms with Gasteiger partial charge >= 0.3 is 5.97 Å². The van der Waals surface area contributed by atoms with E-state index in [1.165, 1.54) is 30.4 Å². The summed E-state index contributed by atoms with van der Waals surface area (Å²) in [5, 5.41) is 9.48. The summed E-state index contributed by atoms with van der Waals surface area (Å²) in [5.41, 5.74) is 0. The number of carboxylic acids is 1. The van der Waals surface area contributed by atoms with Crippen molar-refractivity contribution in [3.05, 3.63) is 12.4 Å². The molecule has 1 N–H and O–H groups in total. The minimum Gasteiger partial charge on any atom is -0.481 e. The molecule has 1 saturated heterocycles. The lowest BCUT2D eigenvalue weighted by molar-refractivity contribution is -0.133. The lowest BCUT2D eigenvalue weighted by atomic mass is 10.1. The van der Waals surface area contributed by atoms with E-state index in [1.54, 1.807) is 6.20 Å². The normalized spacial score (nSPS) is 24.1. The fourth-order valence-electron chi connectivity index (χ4n) is 2.00. The summed E-state index contributed by atoms with van der Waals surface area (Å²) in [5.74, 6) is 0.495. The Morgan fingerprint density at radius 1 is 1.76 bits per heavy atom. The fraction of sp³-hybridized carbons (Fsp3) is 0.636. The number of aliphatic carboxylic acids is 1. The molecule has 17 heavy (non-hydrogen) atoms. The van der Waals surface area contributed by atoms with Gasteiger partial charge in [-0.25, -0.2) is 4.98 Å². The van der Waals surface area contributed by atoms with Crippen LogP contribution in [-0.4, -0.2) is 36.9 Å². The summed E-state index contributed by atoms with van der Waals surface area (Å²) >= 11 is 3.29. The molecule has 1 unspecified atom stereocenters. The third-order valence-electron chi connectivity index (χ3n) is 2.81. The van der Waals surface area contributed by atoms with E-state index in [-0.39, 0.29) is 10.5 Å². The quantitative estimate of drug-likeness (QED) is 0.834. The Morgan fingerprint density at radius 3 is 3.24 bits per heavy atom. The van der Waals surface area contributed by atoms with E-state index in [1.807, 2.05) is 18.0 Å². The van der Waals surface area contributed by atoms with Gasteiger partial charge in [-0.15, -0.1) is 0 Å². The number of aromatic nitrogens is 2. The molecule has 0 radical (unpaired) electrons. The molecule has 0 aliphatic carbocycles. The van der Waals surface area contributed by atoms with E-state index in [4.69, 9.17) is 5.11 Å². The maximum Gasteiger partial charge on any atom is 0.313 e. The van der Waals surface area contributed by atoms with Crippen LogP contribution in [-0.2, 0) is 11.3 Å². The predicted octanol–water partition coefficient (Wildman–Crippen LogP) is 2.35. The van der Waals surface area contributed by atoms with Crippen molar-refractivity contribution in [2.24, 2.45) is 0 Å². The van der Waals surface area contributed by atoms with Crippen LogP contribution in [0.2, 0.25) is 0 Å². The molecule has 1 aromatic rings. The summed E-state index contributed by atoms with van der Waals surface area (Å²) < 4.78 is 2.35. The third kappa shape index (κ3) is 3.42. The van der Waals surface area contributed by atoms with Crippen molar-refractivity contribution in [3.63, 3.8) is 0 Å². The molecule has 1 atom stereocenters. The zero-order valence-electron chi connectivity index (χ0n) is 9.76. The van der Waals surface area contributed by atoms with Gasteiger partial charge in [0.2, 0.25) is 0 Å².